The van der Waals surface area contributed by atoms with Crippen molar-refractivity contribution < 1.29 is 13.2 Å². The second kappa shape index (κ2) is 7.11. The van der Waals surface area contributed by atoms with Crippen LogP contribution in [0.4, 0.5) is 36.3 Å². The zero-order chi connectivity index (χ0) is 18.6. The molecule has 130 valence electrons. The van der Waals surface area contributed by atoms with Crippen molar-refractivity contribution in [3.63, 3.8) is 0 Å². The predicted molar refractivity (Wildman–Crippen MR) is 91.2 cm³/mol. The summed E-state index contributed by atoms with van der Waals surface area (Å²) in [6, 6.07) is 16.8. The van der Waals surface area contributed by atoms with Crippen LogP contribution in [0, 0.1) is 11.3 Å². The number of alkyl halides is 3. The van der Waals surface area contributed by atoms with Crippen LogP contribution >= 0.6 is 0 Å². The first-order valence-electron chi connectivity index (χ1n) is 7.49. The fourth-order valence-electron chi connectivity index (χ4n) is 2.16. The van der Waals surface area contributed by atoms with Gasteiger partial charge in [-0.15, -0.1) is 0 Å². The number of hydrogen-bond acceptors (Lipinski definition) is 5. The highest BCUT2D eigenvalue weighted by atomic mass is 19.4. The molecular weight excluding hydrogens is 343 g/mol. The van der Waals surface area contributed by atoms with E-state index < -0.39 is 11.7 Å². The quantitative estimate of drug-likeness (QED) is 0.699. The number of hydrogen-bond donors (Lipinski definition) is 2. The molecule has 0 aliphatic heterocycles. The minimum atomic E-state index is -4.59. The molecule has 26 heavy (non-hydrogen) atoms. The van der Waals surface area contributed by atoms with E-state index in [9.17, 15) is 13.2 Å². The maximum atomic E-state index is 13.2. The number of para-hydroxylation sites is 1. The lowest BCUT2D eigenvalue weighted by Crippen LogP contribution is -2.12. The third-order valence-corrected chi connectivity index (χ3v) is 3.40. The molecule has 8 heteroatoms. The van der Waals surface area contributed by atoms with E-state index >= 15 is 0 Å². The smallest absolute Gasteiger partial charge is 0.340 e. The van der Waals surface area contributed by atoms with Gasteiger partial charge in [-0.1, -0.05) is 18.2 Å². The molecule has 2 aromatic carbocycles. The van der Waals surface area contributed by atoms with Crippen molar-refractivity contribution >= 4 is 23.1 Å². The van der Waals surface area contributed by atoms with Crippen LogP contribution in [0.2, 0.25) is 0 Å². The Morgan fingerprint density at radius 2 is 1.54 bits per heavy atom. The first-order chi connectivity index (χ1) is 12.5. The summed E-state index contributed by atoms with van der Waals surface area (Å²) in [4.78, 5) is 7.69. The molecular formula is C18H12F3N5. The molecule has 0 amide bonds. The van der Waals surface area contributed by atoms with Crippen molar-refractivity contribution in [1.29, 1.82) is 5.26 Å². The van der Waals surface area contributed by atoms with Crippen LogP contribution in [0.1, 0.15) is 11.1 Å². The topological polar surface area (TPSA) is 73.6 Å². The minimum absolute atomic E-state index is 0.00105. The van der Waals surface area contributed by atoms with Gasteiger partial charge in [-0.2, -0.15) is 23.4 Å². The molecule has 0 radical (unpaired) electrons. The Morgan fingerprint density at radius 3 is 2.15 bits per heavy atom. The van der Waals surface area contributed by atoms with Gasteiger partial charge in [0.25, 0.3) is 0 Å². The number of aromatic nitrogens is 2. The third kappa shape index (κ3) is 4.08. The fraction of sp³-hybridized carbons (Fsp3) is 0.0556. The summed E-state index contributed by atoms with van der Waals surface area (Å²) < 4.78 is 39.7. The molecule has 0 unspecified atom stereocenters. The van der Waals surface area contributed by atoms with E-state index in [4.69, 9.17) is 5.26 Å². The molecule has 0 spiro atoms. The zero-order valence-electron chi connectivity index (χ0n) is 13.2. The molecule has 5 nitrogen and oxygen atoms in total. The summed E-state index contributed by atoms with van der Waals surface area (Å²) in [7, 11) is 0. The number of halogens is 3. The first kappa shape index (κ1) is 17.2. The van der Waals surface area contributed by atoms with E-state index in [2.05, 4.69) is 20.6 Å². The second-order valence-electron chi connectivity index (χ2n) is 5.26. The number of nitrogens with one attached hydrogen (secondary N) is 2. The van der Waals surface area contributed by atoms with Gasteiger partial charge in [0.2, 0.25) is 5.95 Å². The van der Waals surface area contributed by atoms with Crippen LogP contribution in [0.25, 0.3) is 0 Å². The lowest BCUT2D eigenvalue weighted by Gasteiger charge is -2.15. The van der Waals surface area contributed by atoms with Gasteiger partial charge in [-0.25, -0.2) is 4.98 Å². The van der Waals surface area contributed by atoms with Gasteiger partial charge < -0.3 is 10.6 Å². The Labute approximate surface area is 147 Å². The van der Waals surface area contributed by atoms with Crippen LogP contribution in [-0.2, 0) is 6.18 Å². The van der Waals surface area contributed by atoms with Gasteiger partial charge in [0.1, 0.15) is 11.4 Å². The molecule has 1 heterocycles. The average Bonchev–Trinajstić information content (AvgIpc) is 2.62. The summed E-state index contributed by atoms with van der Waals surface area (Å²) in [5.74, 6) is -0.351. The zero-order valence-corrected chi connectivity index (χ0v) is 13.2. The molecule has 3 rings (SSSR count). The second-order valence-corrected chi connectivity index (χ2v) is 5.26. The fourth-order valence-corrected chi connectivity index (χ4v) is 2.16. The van der Waals surface area contributed by atoms with Gasteiger partial charge in [-0.3, -0.25) is 0 Å². The van der Waals surface area contributed by atoms with Crippen molar-refractivity contribution in [3.8, 4) is 6.07 Å². The maximum absolute atomic E-state index is 13.2. The molecule has 0 bridgehead atoms. The Balaban J connectivity index is 1.92. The van der Waals surface area contributed by atoms with Gasteiger partial charge in [0.05, 0.1) is 11.6 Å². The summed E-state index contributed by atoms with van der Waals surface area (Å²) in [5.41, 5.74) is 0.525. The van der Waals surface area contributed by atoms with Crippen LogP contribution in [0.5, 0.6) is 0 Å². The van der Waals surface area contributed by atoms with Crippen LogP contribution in [0.3, 0.4) is 0 Å². The normalized spacial score (nSPS) is 10.8. The lowest BCUT2D eigenvalue weighted by atomic mass is 10.2. The van der Waals surface area contributed by atoms with Crippen molar-refractivity contribution in [1.82, 2.24) is 9.97 Å². The molecule has 2 N–H and O–H groups in total. The molecule has 3 aromatic rings. The van der Waals surface area contributed by atoms with Crippen LogP contribution in [-0.4, -0.2) is 9.97 Å². The van der Waals surface area contributed by atoms with Crippen LogP contribution in [0.15, 0.2) is 60.8 Å². The Kier molecular flexibility index (Phi) is 4.71. The third-order valence-electron chi connectivity index (χ3n) is 3.40. The number of rotatable bonds is 4. The number of anilines is 4. The molecule has 0 saturated carbocycles. The standard InChI is InChI=1S/C18H12F3N5/c19-18(20,21)15-11-23-17(25-14-8-6-12(10-22)7-9-14)26-16(15)24-13-4-2-1-3-5-13/h1-9,11H,(H2,23,24,25,26). The van der Waals surface area contributed by atoms with Gasteiger partial charge in [0, 0.05) is 17.6 Å². The number of nitrogens with zero attached hydrogens (tertiary/aromatic N) is 3. The first-order valence-corrected chi connectivity index (χ1v) is 7.49. The summed E-state index contributed by atoms with van der Waals surface area (Å²) >= 11 is 0. The van der Waals surface area contributed by atoms with E-state index in [0.717, 1.165) is 6.20 Å². The highest BCUT2D eigenvalue weighted by Gasteiger charge is 2.35. The van der Waals surface area contributed by atoms with E-state index in [-0.39, 0.29) is 11.8 Å². The highest BCUT2D eigenvalue weighted by Crippen LogP contribution is 2.35. The predicted octanol–water partition coefficient (Wildman–Crippen LogP) is 4.85. The number of benzene rings is 2. The van der Waals surface area contributed by atoms with E-state index in [1.165, 1.54) is 0 Å². The molecule has 0 aliphatic carbocycles. The summed E-state index contributed by atoms with van der Waals surface area (Å²) in [6.45, 7) is 0. The molecule has 0 aliphatic rings. The van der Waals surface area contributed by atoms with Gasteiger partial charge in [0.15, 0.2) is 0 Å². The van der Waals surface area contributed by atoms with Crippen molar-refractivity contribution in [3.05, 3.63) is 71.9 Å². The van der Waals surface area contributed by atoms with Gasteiger partial charge in [-0.05, 0) is 36.4 Å². The SMILES string of the molecule is N#Cc1ccc(Nc2ncc(C(F)(F)F)c(Nc3ccccc3)n2)cc1. The van der Waals surface area contributed by atoms with Crippen molar-refractivity contribution in [2.75, 3.05) is 10.6 Å². The van der Waals surface area contributed by atoms with Crippen molar-refractivity contribution in [2.45, 2.75) is 6.18 Å². The van der Waals surface area contributed by atoms with E-state index in [0.29, 0.717) is 16.9 Å². The van der Waals surface area contributed by atoms with Gasteiger partial charge >= 0.3 is 6.18 Å². The van der Waals surface area contributed by atoms with Crippen LogP contribution < -0.4 is 10.6 Å². The Morgan fingerprint density at radius 1 is 0.885 bits per heavy atom. The average molecular weight is 355 g/mol. The molecule has 0 saturated heterocycles. The monoisotopic (exact) mass is 355 g/mol. The number of nitriles is 1. The Hall–Kier alpha value is -3.60. The van der Waals surface area contributed by atoms with E-state index in [1.807, 2.05) is 6.07 Å². The maximum Gasteiger partial charge on any atom is 0.421 e. The highest BCUT2D eigenvalue weighted by molar-refractivity contribution is 5.63. The summed E-state index contributed by atoms with van der Waals surface area (Å²) in [5, 5.41) is 14.3. The molecule has 0 atom stereocenters. The minimum Gasteiger partial charge on any atom is -0.340 e. The Bertz CT molecular complexity index is 932. The van der Waals surface area contributed by atoms with E-state index in [1.54, 1.807) is 54.6 Å². The van der Waals surface area contributed by atoms with Crippen molar-refractivity contribution in [2.24, 2.45) is 0 Å². The molecule has 1 aromatic heterocycles. The summed E-state index contributed by atoms with van der Waals surface area (Å²) in [6.07, 6.45) is -3.87. The lowest BCUT2D eigenvalue weighted by molar-refractivity contribution is -0.137. The molecule has 0 fully saturated rings. The largest absolute Gasteiger partial charge is 0.421 e.